The molecule has 0 heterocycles. The lowest BCUT2D eigenvalue weighted by atomic mass is 10.0. The van der Waals surface area contributed by atoms with E-state index in [0.717, 1.165) is 18.4 Å². The number of aliphatic carboxylic acids is 1. The van der Waals surface area contributed by atoms with Gasteiger partial charge in [0.15, 0.2) is 0 Å². The number of nitrogens with zero attached hydrogens (tertiary/aromatic N) is 1. The first-order chi connectivity index (χ1) is 9.27. The number of carbonyl (C=O) groups is 2. The minimum absolute atomic E-state index is 0.0441. The highest BCUT2D eigenvalue weighted by Gasteiger charge is 2.15. The molecule has 2 amide bonds. The summed E-state index contributed by atoms with van der Waals surface area (Å²) in [6.07, 6.45) is 2.22. The number of likely N-dealkylation sites (N-methyl/N-ethyl adjacent to an activating group) is 1. The fourth-order valence-corrected chi connectivity index (χ4v) is 1.88. The normalized spacial score (nSPS) is 13.4. The van der Waals surface area contributed by atoms with E-state index in [1.165, 1.54) is 0 Å². The highest BCUT2D eigenvalue weighted by molar-refractivity contribution is 5.74. The Morgan fingerprint density at radius 3 is 2.35 bits per heavy atom. The second-order valence-electron chi connectivity index (χ2n) is 5.49. The van der Waals surface area contributed by atoms with E-state index in [1.807, 2.05) is 20.8 Å². The fourth-order valence-electron chi connectivity index (χ4n) is 1.88. The molecule has 0 saturated carbocycles. The molecule has 0 fully saturated rings. The van der Waals surface area contributed by atoms with Gasteiger partial charge in [-0.15, -0.1) is 0 Å². The zero-order chi connectivity index (χ0) is 15.7. The predicted octanol–water partition coefficient (Wildman–Crippen LogP) is 2.87. The van der Waals surface area contributed by atoms with Crippen molar-refractivity contribution in [2.75, 3.05) is 13.1 Å². The standard InChI is InChI=1S/C15H28N2O3/c1-6-17(10-11(2)3)15(20)16-13(5)9-7-8-12(4)14(18)19/h12-13H,2,6-10H2,1,3-5H3,(H,16,20)(H,18,19). The second-order valence-corrected chi connectivity index (χ2v) is 5.49. The van der Waals surface area contributed by atoms with E-state index in [0.29, 0.717) is 19.5 Å². The third-order valence-electron chi connectivity index (χ3n) is 3.20. The number of carbonyl (C=O) groups excluding carboxylic acids is 1. The van der Waals surface area contributed by atoms with Crippen LogP contribution in [0.1, 0.15) is 47.0 Å². The summed E-state index contributed by atoms with van der Waals surface area (Å²) in [6.45, 7) is 12.5. The second kappa shape index (κ2) is 9.39. The van der Waals surface area contributed by atoms with Crippen molar-refractivity contribution in [3.63, 3.8) is 0 Å². The molecule has 0 aromatic heterocycles. The van der Waals surface area contributed by atoms with E-state index < -0.39 is 5.97 Å². The Hall–Kier alpha value is -1.52. The highest BCUT2D eigenvalue weighted by Crippen LogP contribution is 2.10. The van der Waals surface area contributed by atoms with Gasteiger partial charge in [-0.3, -0.25) is 4.79 Å². The minimum atomic E-state index is -0.764. The van der Waals surface area contributed by atoms with Crippen LogP contribution in [-0.2, 0) is 4.79 Å². The Kier molecular flexibility index (Phi) is 8.68. The molecule has 20 heavy (non-hydrogen) atoms. The van der Waals surface area contributed by atoms with Gasteiger partial charge in [0.05, 0.1) is 5.92 Å². The molecule has 0 bridgehead atoms. The van der Waals surface area contributed by atoms with Crippen molar-refractivity contribution in [3.8, 4) is 0 Å². The van der Waals surface area contributed by atoms with E-state index >= 15 is 0 Å². The molecule has 116 valence electrons. The quantitative estimate of drug-likeness (QED) is 0.640. The summed E-state index contributed by atoms with van der Waals surface area (Å²) in [5, 5.41) is 11.7. The topological polar surface area (TPSA) is 69.6 Å². The van der Waals surface area contributed by atoms with Gasteiger partial charge < -0.3 is 15.3 Å². The molecule has 0 aliphatic carbocycles. The Balaban J connectivity index is 4.06. The van der Waals surface area contributed by atoms with E-state index in [9.17, 15) is 9.59 Å². The molecule has 0 aliphatic heterocycles. The first-order valence-corrected chi connectivity index (χ1v) is 7.20. The van der Waals surface area contributed by atoms with Gasteiger partial charge in [-0.05, 0) is 33.6 Å². The summed E-state index contributed by atoms with van der Waals surface area (Å²) >= 11 is 0. The van der Waals surface area contributed by atoms with E-state index in [4.69, 9.17) is 5.11 Å². The van der Waals surface area contributed by atoms with E-state index in [1.54, 1.807) is 11.8 Å². The zero-order valence-electron chi connectivity index (χ0n) is 13.1. The number of hydrogen-bond donors (Lipinski definition) is 2. The Morgan fingerprint density at radius 1 is 1.30 bits per heavy atom. The average molecular weight is 284 g/mol. The third kappa shape index (κ3) is 7.81. The molecule has 0 rings (SSSR count). The summed E-state index contributed by atoms with van der Waals surface area (Å²) in [7, 11) is 0. The maximum atomic E-state index is 12.0. The van der Waals surface area contributed by atoms with Crippen LogP contribution in [0.5, 0.6) is 0 Å². The van der Waals surface area contributed by atoms with Gasteiger partial charge in [-0.25, -0.2) is 4.79 Å². The molecular weight excluding hydrogens is 256 g/mol. The number of rotatable bonds is 9. The Labute approximate surface area is 122 Å². The lowest BCUT2D eigenvalue weighted by Gasteiger charge is -2.24. The first-order valence-electron chi connectivity index (χ1n) is 7.20. The maximum absolute atomic E-state index is 12.0. The van der Waals surface area contributed by atoms with E-state index in [2.05, 4.69) is 11.9 Å². The van der Waals surface area contributed by atoms with Gasteiger partial charge in [0.1, 0.15) is 0 Å². The van der Waals surface area contributed by atoms with Crippen LogP contribution >= 0.6 is 0 Å². The number of amides is 2. The molecule has 0 aromatic carbocycles. The van der Waals surface area contributed by atoms with Gasteiger partial charge in [0.2, 0.25) is 0 Å². The summed E-state index contributed by atoms with van der Waals surface area (Å²) in [5.74, 6) is -1.09. The third-order valence-corrected chi connectivity index (χ3v) is 3.20. The van der Waals surface area contributed by atoms with Gasteiger partial charge in [-0.2, -0.15) is 0 Å². The zero-order valence-corrected chi connectivity index (χ0v) is 13.1. The van der Waals surface area contributed by atoms with Gasteiger partial charge in [0, 0.05) is 19.1 Å². The number of hydrogen-bond acceptors (Lipinski definition) is 2. The Bertz CT molecular complexity index is 342. The summed E-state index contributed by atoms with van der Waals surface area (Å²) < 4.78 is 0. The van der Waals surface area contributed by atoms with Gasteiger partial charge >= 0.3 is 12.0 Å². The van der Waals surface area contributed by atoms with Crippen molar-refractivity contribution in [2.24, 2.45) is 5.92 Å². The molecule has 5 nitrogen and oxygen atoms in total. The fraction of sp³-hybridized carbons (Fsp3) is 0.733. The van der Waals surface area contributed by atoms with Crippen LogP contribution in [-0.4, -0.2) is 41.1 Å². The molecule has 2 N–H and O–H groups in total. The minimum Gasteiger partial charge on any atom is -0.481 e. The molecular formula is C15H28N2O3. The first kappa shape index (κ1) is 18.5. The van der Waals surface area contributed by atoms with Gasteiger partial charge in [0.25, 0.3) is 0 Å². The van der Waals surface area contributed by atoms with Crippen LogP contribution in [0.25, 0.3) is 0 Å². The molecule has 0 aliphatic rings. The van der Waals surface area contributed by atoms with Crippen LogP contribution in [0.3, 0.4) is 0 Å². The summed E-state index contributed by atoms with van der Waals surface area (Å²) in [5.41, 5.74) is 0.949. The largest absolute Gasteiger partial charge is 0.481 e. The van der Waals surface area contributed by atoms with Crippen molar-refractivity contribution >= 4 is 12.0 Å². The van der Waals surface area contributed by atoms with E-state index in [-0.39, 0.29) is 18.0 Å². The smallest absolute Gasteiger partial charge is 0.317 e. The average Bonchev–Trinajstić information content (AvgIpc) is 2.34. The van der Waals surface area contributed by atoms with Crippen LogP contribution < -0.4 is 5.32 Å². The van der Waals surface area contributed by atoms with Crippen molar-refractivity contribution in [1.82, 2.24) is 10.2 Å². The molecule has 0 aromatic rings. The number of carboxylic acids is 1. The van der Waals surface area contributed by atoms with Crippen molar-refractivity contribution < 1.29 is 14.7 Å². The number of nitrogens with one attached hydrogen (secondary N) is 1. The molecule has 0 spiro atoms. The van der Waals surface area contributed by atoms with Crippen molar-refractivity contribution in [3.05, 3.63) is 12.2 Å². The maximum Gasteiger partial charge on any atom is 0.317 e. The van der Waals surface area contributed by atoms with Crippen LogP contribution in [0.2, 0.25) is 0 Å². The SMILES string of the molecule is C=C(C)CN(CC)C(=O)NC(C)CCCC(C)C(=O)O. The van der Waals surface area contributed by atoms with Crippen molar-refractivity contribution in [2.45, 2.75) is 53.0 Å². The molecule has 2 atom stereocenters. The lowest BCUT2D eigenvalue weighted by Crippen LogP contribution is -2.44. The summed E-state index contributed by atoms with van der Waals surface area (Å²) in [4.78, 5) is 24.4. The lowest BCUT2D eigenvalue weighted by molar-refractivity contribution is -0.141. The van der Waals surface area contributed by atoms with Crippen molar-refractivity contribution in [1.29, 1.82) is 0 Å². The number of urea groups is 1. The number of carboxylic acid groups (broad SMARTS) is 1. The Morgan fingerprint density at radius 2 is 1.90 bits per heavy atom. The van der Waals surface area contributed by atoms with Gasteiger partial charge in [-0.1, -0.05) is 25.5 Å². The highest BCUT2D eigenvalue weighted by atomic mass is 16.4. The van der Waals surface area contributed by atoms with Crippen LogP contribution in [0, 0.1) is 5.92 Å². The molecule has 5 heteroatoms. The molecule has 0 radical (unpaired) electrons. The molecule has 2 unspecified atom stereocenters. The van der Waals surface area contributed by atoms with Crippen LogP contribution in [0.4, 0.5) is 4.79 Å². The molecule has 0 saturated heterocycles. The predicted molar refractivity (Wildman–Crippen MR) is 80.7 cm³/mol. The monoisotopic (exact) mass is 284 g/mol. The summed E-state index contributed by atoms with van der Waals surface area (Å²) in [6, 6.07) is -0.0445. The van der Waals surface area contributed by atoms with Crippen LogP contribution in [0.15, 0.2) is 12.2 Å².